The normalized spacial score (nSPS) is 18.9. The third-order valence-electron chi connectivity index (χ3n) is 3.00. The fourth-order valence-electron chi connectivity index (χ4n) is 2.06. The van der Waals surface area contributed by atoms with Crippen molar-refractivity contribution in [3.8, 4) is 0 Å². The van der Waals surface area contributed by atoms with Gasteiger partial charge in [-0.25, -0.2) is 4.68 Å². The van der Waals surface area contributed by atoms with E-state index >= 15 is 0 Å². The first kappa shape index (κ1) is 11.1. The minimum Gasteiger partial charge on any atom is -0.387 e. The maximum absolute atomic E-state index is 9.53. The fourth-order valence-corrected chi connectivity index (χ4v) is 2.06. The van der Waals surface area contributed by atoms with E-state index in [-0.39, 0.29) is 6.17 Å². The molecule has 0 saturated carbocycles. The summed E-state index contributed by atoms with van der Waals surface area (Å²) in [7, 11) is 0. The van der Waals surface area contributed by atoms with Crippen molar-refractivity contribution in [2.75, 3.05) is 0 Å². The first-order valence-corrected chi connectivity index (χ1v) is 5.90. The molecule has 0 radical (unpaired) electrons. The molecule has 0 spiro atoms. The highest BCUT2D eigenvalue weighted by Crippen LogP contribution is 2.34. The standard InChI is InChI=1S/C13H14N4O/c1-8-4-3-5-10(6-8)13-15-14-12-7-11(9(2)18)16-17(12)13/h3-7,9,13,18H,1-2H3. The van der Waals surface area contributed by atoms with Crippen LogP contribution in [0, 0.1) is 6.92 Å². The highest BCUT2D eigenvalue weighted by molar-refractivity contribution is 5.36. The van der Waals surface area contributed by atoms with Gasteiger partial charge in [0, 0.05) is 11.6 Å². The number of rotatable bonds is 2. The van der Waals surface area contributed by atoms with E-state index in [2.05, 4.69) is 21.4 Å². The molecule has 2 atom stereocenters. The molecule has 1 aliphatic heterocycles. The van der Waals surface area contributed by atoms with Crippen LogP contribution in [0.15, 0.2) is 40.6 Å². The van der Waals surface area contributed by atoms with E-state index in [0.29, 0.717) is 11.5 Å². The van der Waals surface area contributed by atoms with Crippen LogP contribution in [0.5, 0.6) is 0 Å². The Morgan fingerprint density at radius 3 is 2.89 bits per heavy atom. The summed E-state index contributed by atoms with van der Waals surface area (Å²) in [6.45, 7) is 3.73. The van der Waals surface area contributed by atoms with Crippen LogP contribution in [0.1, 0.15) is 36.0 Å². The molecule has 2 unspecified atom stereocenters. The third-order valence-corrected chi connectivity index (χ3v) is 3.00. The molecule has 2 aromatic rings. The molecule has 0 aliphatic carbocycles. The van der Waals surface area contributed by atoms with Crippen molar-refractivity contribution in [3.05, 3.63) is 47.2 Å². The summed E-state index contributed by atoms with van der Waals surface area (Å²) < 4.78 is 1.75. The van der Waals surface area contributed by atoms with Crippen LogP contribution in [0.4, 0.5) is 5.82 Å². The highest BCUT2D eigenvalue weighted by Gasteiger charge is 2.24. The van der Waals surface area contributed by atoms with Crippen molar-refractivity contribution in [2.24, 2.45) is 10.2 Å². The number of hydrogen-bond acceptors (Lipinski definition) is 4. The monoisotopic (exact) mass is 242 g/mol. The van der Waals surface area contributed by atoms with Gasteiger partial charge in [0.2, 0.25) is 0 Å². The molecular weight excluding hydrogens is 228 g/mol. The molecule has 3 rings (SSSR count). The topological polar surface area (TPSA) is 62.8 Å². The predicted octanol–water partition coefficient (Wildman–Crippen LogP) is 2.89. The number of aryl methyl sites for hydroxylation is 1. The Morgan fingerprint density at radius 1 is 1.33 bits per heavy atom. The van der Waals surface area contributed by atoms with Gasteiger partial charge >= 0.3 is 0 Å². The Bertz CT molecular complexity index is 615. The van der Waals surface area contributed by atoms with Gasteiger partial charge < -0.3 is 5.11 Å². The number of aromatic nitrogens is 2. The van der Waals surface area contributed by atoms with E-state index in [1.54, 1.807) is 17.7 Å². The molecule has 92 valence electrons. The zero-order chi connectivity index (χ0) is 12.7. The summed E-state index contributed by atoms with van der Waals surface area (Å²) in [5.74, 6) is 0.692. The van der Waals surface area contributed by atoms with Crippen molar-refractivity contribution in [1.29, 1.82) is 0 Å². The number of aliphatic hydroxyl groups is 1. The molecule has 2 heterocycles. The van der Waals surface area contributed by atoms with Gasteiger partial charge in [0.25, 0.3) is 0 Å². The molecule has 1 aliphatic rings. The lowest BCUT2D eigenvalue weighted by molar-refractivity contribution is 0.193. The molecule has 1 N–H and O–H groups in total. The van der Waals surface area contributed by atoms with Gasteiger partial charge in [-0.05, 0) is 13.8 Å². The summed E-state index contributed by atoms with van der Waals surface area (Å²) in [6.07, 6.45) is -0.802. The average Bonchev–Trinajstić information content (AvgIpc) is 2.87. The summed E-state index contributed by atoms with van der Waals surface area (Å²) in [6, 6.07) is 9.89. The first-order valence-electron chi connectivity index (χ1n) is 5.90. The van der Waals surface area contributed by atoms with Crippen molar-refractivity contribution in [1.82, 2.24) is 9.78 Å². The van der Waals surface area contributed by atoms with E-state index in [0.717, 1.165) is 5.56 Å². The Morgan fingerprint density at radius 2 is 2.17 bits per heavy atom. The number of fused-ring (bicyclic) bond motifs is 1. The highest BCUT2D eigenvalue weighted by atomic mass is 16.3. The van der Waals surface area contributed by atoms with Crippen molar-refractivity contribution in [3.63, 3.8) is 0 Å². The molecule has 0 bridgehead atoms. The number of benzene rings is 1. The third kappa shape index (κ3) is 1.73. The van der Waals surface area contributed by atoms with Crippen molar-refractivity contribution < 1.29 is 5.11 Å². The SMILES string of the molecule is Cc1cccc(C2N=Nc3cc(C(C)O)nn32)c1. The Hall–Kier alpha value is -2.01. The van der Waals surface area contributed by atoms with E-state index in [1.807, 2.05) is 25.1 Å². The summed E-state index contributed by atoms with van der Waals surface area (Å²) in [5, 5.41) is 22.2. The minimum absolute atomic E-state index is 0.215. The second-order valence-electron chi connectivity index (χ2n) is 4.55. The van der Waals surface area contributed by atoms with Gasteiger partial charge in [0.15, 0.2) is 12.0 Å². The summed E-state index contributed by atoms with van der Waals surface area (Å²) in [4.78, 5) is 0. The molecule has 0 amide bonds. The van der Waals surface area contributed by atoms with Crippen LogP contribution < -0.4 is 0 Å². The van der Waals surface area contributed by atoms with Crippen LogP contribution in [0.25, 0.3) is 0 Å². The molecular formula is C13H14N4O. The molecule has 5 heteroatoms. The maximum Gasteiger partial charge on any atom is 0.190 e. The second-order valence-corrected chi connectivity index (χ2v) is 4.55. The fraction of sp³-hybridized carbons (Fsp3) is 0.308. The lowest BCUT2D eigenvalue weighted by Gasteiger charge is -2.09. The van der Waals surface area contributed by atoms with E-state index in [4.69, 9.17) is 0 Å². The quantitative estimate of drug-likeness (QED) is 0.880. The van der Waals surface area contributed by atoms with E-state index in [1.165, 1.54) is 5.56 Å². The minimum atomic E-state index is -0.587. The van der Waals surface area contributed by atoms with Gasteiger partial charge in [-0.1, -0.05) is 29.8 Å². The molecule has 0 fully saturated rings. The lowest BCUT2D eigenvalue weighted by Crippen LogP contribution is -2.07. The predicted molar refractivity (Wildman–Crippen MR) is 66.7 cm³/mol. The summed E-state index contributed by atoms with van der Waals surface area (Å²) >= 11 is 0. The summed E-state index contributed by atoms with van der Waals surface area (Å²) in [5.41, 5.74) is 2.86. The number of aliphatic hydroxyl groups excluding tert-OH is 1. The van der Waals surface area contributed by atoms with Crippen LogP contribution >= 0.6 is 0 Å². The number of hydrogen-bond donors (Lipinski definition) is 1. The largest absolute Gasteiger partial charge is 0.387 e. The van der Waals surface area contributed by atoms with Gasteiger partial charge in [-0.3, -0.25) is 0 Å². The molecule has 0 saturated heterocycles. The maximum atomic E-state index is 9.53. The van der Waals surface area contributed by atoms with Gasteiger partial charge in [0.05, 0.1) is 11.8 Å². The van der Waals surface area contributed by atoms with Crippen LogP contribution in [-0.2, 0) is 0 Å². The van der Waals surface area contributed by atoms with Crippen LogP contribution in [0.2, 0.25) is 0 Å². The van der Waals surface area contributed by atoms with Crippen molar-refractivity contribution in [2.45, 2.75) is 26.1 Å². The van der Waals surface area contributed by atoms with Gasteiger partial charge in [-0.2, -0.15) is 10.2 Å². The molecule has 1 aromatic carbocycles. The number of nitrogens with zero attached hydrogens (tertiary/aromatic N) is 4. The first-order chi connectivity index (χ1) is 8.65. The van der Waals surface area contributed by atoms with E-state index < -0.39 is 6.10 Å². The van der Waals surface area contributed by atoms with Gasteiger partial charge in [-0.15, -0.1) is 5.11 Å². The van der Waals surface area contributed by atoms with E-state index in [9.17, 15) is 5.11 Å². The smallest absolute Gasteiger partial charge is 0.190 e. The van der Waals surface area contributed by atoms with Crippen LogP contribution in [-0.4, -0.2) is 14.9 Å². The Kier molecular flexibility index (Phi) is 2.48. The molecule has 18 heavy (non-hydrogen) atoms. The molecule has 1 aromatic heterocycles. The van der Waals surface area contributed by atoms with Crippen molar-refractivity contribution >= 4 is 5.82 Å². The van der Waals surface area contributed by atoms with Gasteiger partial charge in [0.1, 0.15) is 0 Å². The zero-order valence-electron chi connectivity index (χ0n) is 10.3. The lowest BCUT2D eigenvalue weighted by atomic mass is 10.1. The Balaban J connectivity index is 2.02. The van der Waals surface area contributed by atoms with Crippen LogP contribution in [0.3, 0.4) is 0 Å². The second kappa shape index (κ2) is 4.03. The number of azo groups is 1. The zero-order valence-corrected chi connectivity index (χ0v) is 10.3. The Labute approximate surface area is 105 Å². The average molecular weight is 242 g/mol. The molecule has 5 nitrogen and oxygen atoms in total.